The van der Waals surface area contributed by atoms with Crippen molar-refractivity contribution >= 4 is 41.2 Å². The Kier molecular flexibility index (Phi) is 8.95. The Balaban J connectivity index is 1.81. The van der Waals surface area contributed by atoms with Crippen LogP contribution in [0.1, 0.15) is 34.6 Å². The average Bonchev–Trinajstić information content (AvgIpc) is 3.30. The van der Waals surface area contributed by atoms with Crippen molar-refractivity contribution in [2.75, 3.05) is 26.2 Å². The van der Waals surface area contributed by atoms with E-state index < -0.39 is 35.9 Å². The Morgan fingerprint density at radius 2 is 1.53 bits per heavy atom. The summed E-state index contributed by atoms with van der Waals surface area (Å²) in [6, 6.07) is 7.87. The fraction of sp³-hybridized carbons (Fsp3) is 0.391. The van der Waals surface area contributed by atoms with E-state index in [0.717, 1.165) is 5.56 Å². The van der Waals surface area contributed by atoms with Crippen molar-refractivity contribution in [3.63, 3.8) is 0 Å². The molecule has 1 atom stereocenters. The number of carboxylic acid groups (broad SMARTS) is 3. The predicted molar refractivity (Wildman–Crippen MR) is 128 cm³/mol. The average molecular weight is 519 g/mol. The molecule has 1 fully saturated rings. The highest BCUT2D eigenvalue weighted by atomic mass is 32.1. The molecule has 2 aromatic rings. The van der Waals surface area contributed by atoms with E-state index in [9.17, 15) is 24.0 Å². The number of aromatic nitrogens is 1. The molecule has 2 heterocycles. The number of carbonyl (C=O) groups is 5. The third-order valence-electron chi connectivity index (χ3n) is 5.61. The van der Waals surface area contributed by atoms with Gasteiger partial charge >= 0.3 is 18.0 Å². The zero-order valence-electron chi connectivity index (χ0n) is 19.3. The topological polar surface area (TPSA) is 177 Å². The highest BCUT2D eigenvalue weighted by Gasteiger charge is 2.31. The van der Waals surface area contributed by atoms with Gasteiger partial charge in [0.25, 0.3) is 5.91 Å². The number of nitrogens with zero attached hydrogens (tertiary/aromatic N) is 3. The molecule has 3 amide bonds. The molecule has 0 radical (unpaired) electrons. The first-order chi connectivity index (χ1) is 17.2. The first kappa shape index (κ1) is 26.6. The number of hydrogen-bond donors (Lipinski definition) is 4. The number of hydrogen-bond acceptors (Lipinski definition) is 7. The van der Waals surface area contributed by atoms with E-state index in [0.29, 0.717) is 9.88 Å². The number of benzene rings is 1. The Bertz CT molecular complexity index is 1130. The number of aliphatic carboxylic acids is 2. The summed E-state index contributed by atoms with van der Waals surface area (Å²) in [5, 5.41) is 30.4. The molecule has 1 aliphatic heterocycles. The molecule has 0 saturated carbocycles. The van der Waals surface area contributed by atoms with Gasteiger partial charge < -0.3 is 30.4 Å². The van der Waals surface area contributed by atoms with Crippen molar-refractivity contribution < 1.29 is 39.3 Å². The highest BCUT2D eigenvalue weighted by Crippen LogP contribution is 2.29. The summed E-state index contributed by atoms with van der Waals surface area (Å²) in [6.07, 6.45) is -1.78. The monoisotopic (exact) mass is 518 g/mol. The maximum absolute atomic E-state index is 13.2. The molecule has 0 aliphatic carbocycles. The molecule has 1 aliphatic rings. The van der Waals surface area contributed by atoms with Crippen molar-refractivity contribution in [2.24, 2.45) is 0 Å². The van der Waals surface area contributed by atoms with Crippen LogP contribution in [0, 0.1) is 0 Å². The maximum Gasteiger partial charge on any atom is 0.407 e. The van der Waals surface area contributed by atoms with Crippen LogP contribution < -0.4 is 5.32 Å². The largest absolute Gasteiger partial charge is 0.481 e. The Morgan fingerprint density at radius 3 is 2.11 bits per heavy atom. The van der Waals surface area contributed by atoms with Crippen LogP contribution in [0.4, 0.5) is 4.79 Å². The van der Waals surface area contributed by atoms with Crippen LogP contribution in [0.5, 0.6) is 0 Å². The van der Waals surface area contributed by atoms with E-state index in [4.69, 9.17) is 15.3 Å². The molecule has 0 spiro atoms. The van der Waals surface area contributed by atoms with Crippen molar-refractivity contribution in [1.29, 1.82) is 0 Å². The standard InChI is InChI=1S/C23H26N4O8S/c28-17(29)8-6-15(22(33)26-10-12-27(13-11-26)23(34)35)24-20(32)19-16(7-9-18(30)31)36-21(25-19)14-4-2-1-3-5-14/h1-5,15H,6-13H2,(H,24,32)(H,28,29)(H,30,31)(H,34,35)/t15-/m0/s1. The molecule has 12 nitrogen and oxygen atoms in total. The van der Waals surface area contributed by atoms with Crippen molar-refractivity contribution in [2.45, 2.75) is 31.7 Å². The van der Waals surface area contributed by atoms with Gasteiger partial charge in [0.2, 0.25) is 5.91 Å². The second kappa shape index (κ2) is 12.1. The lowest BCUT2D eigenvalue weighted by Gasteiger charge is -2.35. The van der Waals surface area contributed by atoms with Gasteiger partial charge in [-0.2, -0.15) is 0 Å². The number of carboxylic acids is 2. The van der Waals surface area contributed by atoms with Gasteiger partial charge in [-0.05, 0) is 12.8 Å². The number of aryl methyl sites for hydroxylation is 1. The van der Waals surface area contributed by atoms with Gasteiger partial charge in [-0.25, -0.2) is 9.78 Å². The molecule has 13 heteroatoms. The minimum atomic E-state index is -1.17. The van der Waals surface area contributed by atoms with Crippen LogP contribution in [-0.2, 0) is 20.8 Å². The molecule has 3 rings (SSSR count). The Hall–Kier alpha value is -4.00. The van der Waals surface area contributed by atoms with Crippen molar-refractivity contribution in [1.82, 2.24) is 20.1 Å². The second-order valence-corrected chi connectivity index (χ2v) is 9.19. The number of amides is 3. The fourth-order valence-corrected chi connectivity index (χ4v) is 4.78. The first-order valence-electron chi connectivity index (χ1n) is 11.2. The van der Waals surface area contributed by atoms with Crippen LogP contribution in [0.15, 0.2) is 30.3 Å². The van der Waals surface area contributed by atoms with Crippen LogP contribution in [-0.4, -0.2) is 92.2 Å². The van der Waals surface area contributed by atoms with E-state index in [1.165, 1.54) is 21.1 Å². The summed E-state index contributed by atoms with van der Waals surface area (Å²) in [6.45, 7) is 0.436. The van der Waals surface area contributed by atoms with E-state index in [1.54, 1.807) is 24.3 Å². The second-order valence-electron chi connectivity index (χ2n) is 8.10. The zero-order valence-corrected chi connectivity index (χ0v) is 20.1. The smallest absolute Gasteiger partial charge is 0.407 e. The van der Waals surface area contributed by atoms with Crippen LogP contribution >= 0.6 is 11.3 Å². The van der Waals surface area contributed by atoms with Crippen LogP contribution in [0.3, 0.4) is 0 Å². The van der Waals surface area contributed by atoms with Crippen molar-refractivity contribution in [3.05, 3.63) is 40.9 Å². The molecule has 0 unspecified atom stereocenters. The van der Waals surface area contributed by atoms with E-state index >= 15 is 0 Å². The van der Waals surface area contributed by atoms with Gasteiger partial charge in [0.1, 0.15) is 16.7 Å². The third kappa shape index (κ3) is 7.01. The molecule has 192 valence electrons. The van der Waals surface area contributed by atoms with E-state index in [2.05, 4.69) is 10.3 Å². The maximum atomic E-state index is 13.2. The SMILES string of the molecule is O=C(O)CCc1sc(-c2ccccc2)nc1C(=O)N[C@@H](CCC(=O)O)C(=O)N1CCN(C(=O)O)CC1. The highest BCUT2D eigenvalue weighted by molar-refractivity contribution is 7.15. The van der Waals surface area contributed by atoms with Gasteiger partial charge in [-0.1, -0.05) is 30.3 Å². The van der Waals surface area contributed by atoms with E-state index in [-0.39, 0.29) is 57.6 Å². The molecule has 1 saturated heterocycles. The minimum Gasteiger partial charge on any atom is -0.481 e. The number of rotatable bonds is 10. The molecule has 1 aromatic heterocycles. The Labute approximate surface area is 210 Å². The molecule has 0 bridgehead atoms. The third-order valence-corrected chi connectivity index (χ3v) is 6.78. The van der Waals surface area contributed by atoms with Gasteiger partial charge in [0.15, 0.2) is 0 Å². The lowest BCUT2D eigenvalue weighted by molar-refractivity contribution is -0.139. The molecule has 36 heavy (non-hydrogen) atoms. The normalized spacial score (nSPS) is 14.2. The summed E-state index contributed by atoms with van der Waals surface area (Å²) in [5.74, 6) is -3.40. The fourth-order valence-electron chi connectivity index (χ4n) is 3.71. The van der Waals surface area contributed by atoms with Gasteiger partial charge in [-0.15, -0.1) is 11.3 Å². The van der Waals surface area contributed by atoms with Gasteiger partial charge in [0, 0.05) is 43.0 Å². The number of thiazole rings is 1. The van der Waals surface area contributed by atoms with Crippen LogP contribution in [0.25, 0.3) is 10.6 Å². The summed E-state index contributed by atoms with van der Waals surface area (Å²) < 4.78 is 0. The minimum absolute atomic E-state index is 0.0103. The summed E-state index contributed by atoms with van der Waals surface area (Å²) in [5.41, 5.74) is 0.733. The Morgan fingerprint density at radius 1 is 0.917 bits per heavy atom. The molecular weight excluding hydrogens is 492 g/mol. The van der Waals surface area contributed by atoms with E-state index in [1.807, 2.05) is 6.07 Å². The van der Waals surface area contributed by atoms with Crippen LogP contribution in [0.2, 0.25) is 0 Å². The molecule has 1 aromatic carbocycles. The summed E-state index contributed by atoms with van der Waals surface area (Å²) >= 11 is 1.18. The zero-order chi connectivity index (χ0) is 26.2. The summed E-state index contributed by atoms with van der Waals surface area (Å²) in [7, 11) is 0. The number of nitrogens with one attached hydrogen (secondary N) is 1. The lowest BCUT2D eigenvalue weighted by Crippen LogP contribution is -2.55. The predicted octanol–water partition coefficient (Wildman–Crippen LogP) is 1.61. The molecule has 4 N–H and O–H groups in total. The number of piperazine rings is 1. The first-order valence-corrected chi connectivity index (χ1v) is 12.0. The lowest BCUT2D eigenvalue weighted by atomic mass is 10.1. The summed E-state index contributed by atoms with van der Waals surface area (Å²) in [4.78, 5) is 67.2. The molecular formula is C23H26N4O8S. The van der Waals surface area contributed by atoms with Gasteiger partial charge in [-0.3, -0.25) is 19.2 Å². The number of carbonyl (C=O) groups excluding carboxylic acids is 2. The quantitative estimate of drug-likeness (QED) is 0.364. The van der Waals surface area contributed by atoms with Gasteiger partial charge in [0.05, 0.1) is 6.42 Å². The van der Waals surface area contributed by atoms with Crippen molar-refractivity contribution in [3.8, 4) is 10.6 Å².